The molecule has 0 saturated carbocycles. The molecule has 0 aliphatic rings. The van der Waals surface area contributed by atoms with Gasteiger partial charge in [-0.3, -0.25) is 14.3 Å². The van der Waals surface area contributed by atoms with Gasteiger partial charge in [0.15, 0.2) is 18.1 Å². The first-order valence-corrected chi connectivity index (χ1v) is 8.27. The highest BCUT2D eigenvalue weighted by Gasteiger charge is 2.20. The molecule has 0 fully saturated rings. The number of carbonyl (C=O) groups excluding carboxylic acids is 2. The molecule has 10 heteroatoms. The van der Waals surface area contributed by atoms with Gasteiger partial charge in [-0.25, -0.2) is 19.4 Å². The van der Waals surface area contributed by atoms with E-state index in [0.29, 0.717) is 11.4 Å². The monoisotopic (exact) mass is 382 g/mol. The fraction of sp³-hybridized carbons (Fsp3) is 0.167. The van der Waals surface area contributed by atoms with Gasteiger partial charge >= 0.3 is 5.97 Å². The van der Waals surface area contributed by atoms with Crippen LogP contribution in [0.5, 0.6) is 0 Å². The van der Waals surface area contributed by atoms with Gasteiger partial charge in [-0.15, -0.1) is 0 Å². The summed E-state index contributed by atoms with van der Waals surface area (Å²) in [5.74, 6) is -1.65. The summed E-state index contributed by atoms with van der Waals surface area (Å²) in [7, 11) is 1.70. The maximum atomic E-state index is 12.7. The summed E-state index contributed by atoms with van der Waals surface area (Å²) in [4.78, 5) is 44.4. The molecular weight excluding hydrogens is 364 g/mol. The Labute approximate surface area is 159 Å². The molecule has 3 rings (SSSR count). The topological polar surface area (TPSA) is 134 Å². The number of esters is 1. The molecule has 3 aromatic rings. The number of anilines is 2. The van der Waals surface area contributed by atoms with Crippen LogP contribution in [0.25, 0.3) is 5.69 Å². The van der Waals surface area contributed by atoms with Crippen LogP contribution in [0.2, 0.25) is 0 Å². The number of hydrogen-bond acceptors (Lipinski definition) is 7. The Hall–Kier alpha value is -3.95. The van der Waals surface area contributed by atoms with Crippen molar-refractivity contribution in [1.29, 1.82) is 0 Å². The Morgan fingerprint density at radius 1 is 1.18 bits per heavy atom. The second-order valence-electron chi connectivity index (χ2n) is 5.85. The molecule has 10 nitrogen and oxygen atoms in total. The first-order chi connectivity index (χ1) is 13.4. The number of benzene rings is 1. The lowest BCUT2D eigenvalue weighted by molar-refractivity contribution is -0.119. The molecule has 0 spiro atoms. The zero-order valence-electron chi connectivity index (χ0n) is 15.2. The van der Waals surface area contributed by atoms with Crippen LogP contribution >= 0.6 is 0 Å². The van der Waals surface area contributed by atoms with Gasteiger partial charge in [0.1, 0.15) is 5.69 Å². The average molecular weight is 382 g/mol. The van der Waals surface area contributed by atoms with Crippen molar-refractivity contribution in [1.82, 2.24) is 19.3 Å². The van der Waals surface area contributed by atoms with Gasteiger partial charge in [0.2, 0.25) is 0 Å². The fourth-order valence-electron chi connectivity index (χ4n) is 2.59. The van der Waals surface area contributed by atoms with E-state index in [-0.39, 0.29) is 17.2 Å². The number of nitrogen functional groups attached to an aromatic ring is 1. The fourth-order valence-corrected chi connectivity index (χ4v) is 2.59. The van der Waals surface area contributed by atoms with Gasteiger partial charge in [0.05, 0.1) is 11.4 Å². The number of nitrogens with two attached hydrogens (primary N) is 1. The Bertz CT molecular complexity index is 1090. The zero-order valence-corrected chi connectivity index (χ0v) is 15.2. The highest BCUT2D eigenvalue weighted by molar-refractivity contribution is 5.96. The van der Waals surface area contributed by atoms with E-state index in [1.165, 1.54) is 17.1 Å². The molecule has 0 unspecified atom stereocenters. The number of rotatable bonds is 5. The van der Waals surface area contributed by atoms with E-state index < -0.39 is 24.0 Å². The highest BCUT2D eigenvalue weighted by atomic mass is 16.5. The van der Waals surface area contributed by atoms with Crippen LogP contribution in [0.4, 0.5) is 11.5 Å². The summed E-state index contributed by atoms with van der Waals surface area (Å²) in [5, 5.41) is 2.49. The number of aromatic nitrogens is 4. The molecule has 2 heterocycles. The zero-order chi connectivity index (χ0) is 20.3. The lowest BCUT2D eigenvalue weighted by atomic mass is 10.3. The van der Waals surface area contributed by atoms with E-state index in [4.69, 9.17) is 10.5 Å². The molecule has 28 heavy (non-hydrogen) atoms. The van der Waals surface area contributed by atoms with Crippen molar-refractivity contribution >= 4 is 23.4 Å². The summed E-state index contributed by atoms with van der Waals surface area (Å²) in [6.07, 6.45) is 2.61. The van der Waals surface area contributed by atoms with Gasteiger partial charge in [-0.1, -0.05) is 18.2 Å². The maximum absolute atomic E-state index is 12.7. The predicted octanol–water partition coefficient (Wildman–Crippen LogP) is 0.652. The lowest BCUT2D eigenvalue weighted by Gasteiger charge is -2.07. The average Bonchev–Trinajstić information content (AvgIpc) is 2.90. The minimum atomic E-state index is -0.882. The van der Waals surface area contributed by atoms with Crippen molar-refractivity contribution in [2.24, 2.45) is 7.05 Å². The van der Waals surface area contributed by atoms with Crippen molar-refractivity contribution in [2.75, 3.05) is 17.7 Å². The number of nitrogens with one attached hydrogen (secondary N) is 1. The molecular formula is C18H18N6O4. The summed E-state index contributed by atoms with van der Waals surface area (Å²) in [5.41, 5.74) is 6.27. The molecule has 144 valence electrons. The van der Waals surface area contributed by atoms with Crippen LogP contribution in [0.15, 0.2) is 47.5 Å². The summed E-state index contributed by atoms with van der Waals surface area (Å²) >= 11 is 0. The smallest absolute Gasteiger partial charge is 0.361 e. The Kier molecular flexibility index (Phi) is 5.21. The Morgan fingerprint density at radius 3 is 2.54 bits per heavy atom. The second kappa shape index (κ2) is 7.74. The SMILES string of the molecule is Cc1c(NC(=O)COC(=O)c2nccnc2N)c(=O)n(-c2ccccc2)n1C. The van der Waals surface area contributed by atoms with E-state index in [9.17, 15) is 14.4 Å². The first kappa shape index (κ1) is 18.8. The van der Waals surface area contributed by atoms with Crippen LogP contribution in [-0.4, -0.2) is 37.8 Å². The van der Waals surface area contributed by atoms with Gasteiger partial charge in [-0.2, -0.15) is 0 Å². The molecule has 0 bridgehead atoms. The van der Waals surface area contributed by atoms with Crippen LogP contribution in [0.3, 0.4) is 0 Å². The largest absolute Gasteiger partial charge is 0.451 e. The lowest BCUT2D eigenvalue weighted by Crippen LogP contribution is -2.26. The van der Waals surface area contributed by atoms with Crippen molar-refractivity contribution in [3.63, 3.8) is 0 Å². The Morgan fingerprint density at radius 2 is 1.86 bits per heavy atom. The van der Waals surface area contributed by atoms with Crippen LogP contribution < -0.4 is 16.6 Å². The van der Waals surface area contributed by atoms with E-state index in [2.05, 4.69) is 15.3 Å². The van der Waals surface area contributed by atoms with E-state index in [1.807, 2.05) is 6.07 Å². The van der Waals surface area contributed by atoms with Gasteiger partial charge in [0, 0.05) is 19.4 Å². The van der Waals surface area contributed by atoms with Crippen LogP contribution in [-0.2, 0) is 16.6 Å². The highest BCUT2D eigenvalue weighted by Crippen LogP contribution is 2.14. The normalized spacial score (nSPS) is 10.5. The standard InChI is InChI=1S/C18H18N6O4/c1-11-14(17(26)24(23(11)2)12-6-4-3-5-7-12)22-13(25)10-28-18(27)15-16(19)21-9-8-20-15/h3-9H,10H2,1-2H3,(H2,19,21)(H,22,25). The molecule has 1 aromatic carbocycles. The number of nitrogens with zero attached hydrogens (tertiary/aromatic N) is 4. The number of amides is 1. The number of para-hydroxylation sites is 1. The second-order valence-corrected chi connectivity index (χ2v) is 5.85. The number of hydrogen-bond donors (Lipinski definition) is 2. The molecule has 0 radical (unpaired) electrons. The molecule has 0 aliphatic carbocycles. The molecule has 0 saturated heterocycles. The number of ether oxygens (including phenoxy) is 1. The Balaban J connectivity index is 1.74. The quantitative estimate of drug-likeness (QED) is 0.619. The van der Waals surface area contributed by atoms with Crippen molar-refractivity contribution in [2.45, 2.75) is 6.92 Å². The van der Waals surface area contributed by atoms with E-state index in [0.717, 1.165) is 0 Å². The third kappa shape index (κ3) is 3.61. The molecule has 0 atom stereocenters. The molecule has 2 aromatic heterocycles. The molecule has 0 aliphatic heterocycles. The van der Waals surface area contributed by atoms with Crippen molar-refractivity contribution < 1.29 is 14.3 Å². The van der Waals surface area contributed by atoms with Gasteiger partial charge in [0.25, 0.3) is 11.5 Å². The van der Waals surface area contributed by atoms with Crippen LogP contribution in [0, 0.1) is 6.92 Å². The van der Waals surface area contributed by atoms with Crippen molar-refractivity contribution in [3.8, 4) is 5.69 Å². The number of carbonyl (C=O) groups is 2. The minimum Gasteiger partial charge on any atom is -0.451 e. The van der Waals surface area contributed by atoms with Crippen molar-refractivity contribution in [3.05, 3.63) is 64.5 Å². The summed E-state index contributed by atoms with van der Waals surface area (Å²) in [6.45, 7) is 1.09. The third-order valence-electron chi connectivity index (χ3n) is 4.07. The predicted molar refractivity (Wildman–Crippen MR) is 101 cm³/mol. The van der Waals surface area contributed by atoms with E-state index >= 15 is 0 Å². The summed E-state index contributed by atoms with van der Waals surface area (Å²) in [6, 6.07) is 9.00. The minimum absolute atomic E-state index is 0.0995. The first-order valence-electron chi connectivity index (χ1n) is 8.27. The molecule has 1 amide bonds. The van der Waals surface area contributed by atoms with E-state index in [1.54, 1.807) is 42.9 Å². The molecule has 3 N–H and O–H groups in total. The third-order valence-corrected chi connectivity index (χ3v) is 4.07. The summed E-state index contributed by atoms with van der Waals surface area (Å²) < 4.78 is 7.95. The van der Waals surface area contributed by atoms with Gasteiger partial charge in [-0.05, 0) is 19.1 Å². The van der Waals surface area contributed by atoms with Gasteiger partial charge < -0.3 is 15.8 Å². The maximum Gasteiger partial charge on any atom is 0.361 e. The van der Waals surface area contributed by atoms with Crippen LogP contribution in [0.1, 0.15) is 16.2 Å².